The maximum atomic E-state index is 15.9. The van der Waals surface area contributed by atoms with Crippen LogP contribution in [-0.4, -0.2) is 114 Å². The predicted molar refractivity (Wildman–Crippen MR) is 222 cm³/mol. The van der Waals surface area contributed by atoms with Gasteiger partial charge in [0.05, 0.1) is 42.3 Å². The standard InChI is InChI=1S/C48H53NO14/c1-27-32(61-42(54)36(51)35(29-16-10-7-11-17-29)49-40(52)30-18-12-8-13-19-30)23-48(56)39(62-41(53)31-20-14-9-15-21-31)38-45(5,43(55)47(25-60-47)37(27)44(48,3)4)33(59-26-57-6)22-34-46(38,24-58-34)63-28(2)50/h7-21,32-36,38-39,51,56H,22-26H2,1-6H3,(H,49,52)/t32-,33-,34+,35-,36+,38?,39-,45+,46-,47-,48+/m0/s1. The van der Waals surface area contributed by atoms with Crippen molar-refractivity contribution < 1.29 is 67.3 Å². The number of aliphatic hydroxyl groups is 2. The van der Waals surface area contributed by atoms with E-state index in [0.29, 0.717) is 22.3 Å². The van der Waals surface area contributed by atoms with Gasteiger partial charge in [-0.1, -0.05) is 80.6 Å². The van der Waals surface area contributed by atoms with Gasteiger partial charge in [-0.05, 0) is 54.8 Å². The van der Waals surface area contributed by atoms with Crippen LogP contribution in [0.2, 0.25) is 0 Å². The summed E-state index contributed by atoms with van der Waals surface area (Å²) >= 11 is 0. The maximum absolute atomic E-state index is 15.9. The number of fused-ring (bicyclic) bond motifs is 6. The maximum Gasteiger partial charge on any atom is 0.338 e. The molecule has 1 spiro atoms. The average Bonchev–Trinajstić information content (AvgIpc) is 4.06. The number of Topliss-reactive ketones (excluding diaryl/α,β-unsaturated/α-hetero) is 1. The van der Waals surface area contributed by atoms with Crippen LogP contribution in [0.3, 0.4) is 0 Å². The highest BCUT2D eigenvalue weighted by atomic mass is 16.7. The third-order valence-corrected chi connectivity index (χ3v) is 14.1. The highest BCUT2D eigenvalue weighted by Crippen LogP contribution is 2.68. The lowest BCUT2D eigenvalue weighted by Crippen LogP contribution is -2.82. The molecule has 3 N–H and O–H groups in total. The van der Waals surface area contributed by atoms with E-state index < -0.39 is 106 Å². The second-order valence-corrected chi connectivity index (χ2v) is 18.0. The molecule has 334 valence electrons. The third kappa shape index (κ3) is 7.09. The van der Waals surface area contributed by atoms with E-state index in [1.807, 2.05) is 0 Å². The van der Waals surface area contributed by atoms with Crippen molar-refractivity contribution in [1.29, 1.82) is 0 Å². The Labute approximate surface area is 365 Å². The summed E-state index contributed by atoms with van der Waals surface area (Å²) in [7, 11) is 1.43. The molecule has 0 aromatic heterocycles. The number of amides is 1. The minimum Gasteiger partial charge on any atom is -0.456 e. The highest BCUT2D eigenvalue weighted by Gasteiger charge is 2.82. The molecule has 1 amide bonds. The number of hydrogen-bond donors (Lipinski definition) is 3. The summed E-state index contributed by atoms with van der Waals surface area (Å²) < 4.78 is 43.0. The Morgan fingerprint density at radius 3 is 2.05 bits per heavy atom. The van der Waals surface area contributed by atoms with Crippen LogP contribution in [0.5, 0.6) is 0 Å². The van der Waals surface area contributed by atoms with Crippen LogP contribution in [0.1, 0.15) is 79.8 Å². The second-order valence-electron chi connectivity index (χ2n) is 18.0. The molecule has 1 unspecified atom stereocenters. The number of methoxy groups -OCH3 is 1. The molecule has 2 aliphatic heterocycles. The lowest BCUT2D eigenvalue weighted by molar-refractivity contribution is -0.351. The lowest BCUT2D eigenvalue weighted by Gasteiger charge is -2.68. The quantitative estimate of drug-likeness (QED) is 0.0768. The fraction of sp³-hybridized carbons (Fsp3) is 0.479. The van der Waals surface area contributed by atoms with Crippen LogP contribution in [0.4, 0.5) is 0 Å². The monoisotopic (exact) mass is 867 g/mol. The minimum absolute atomic E-state index is 0.0756. The van der Waals surface area contributed by atoms with Gasteiger partial charge in [-0.25, -0.2) is 9.59 Å². The summed E-state index contributed by atoms with van der Waals surface area (Å²) in [6, 6.07) is 23.6. The van der Waals surface area contributed by atoms with Crippen LogP contribution in [0.25, 0.3) is 0 Å². The summed E-state index contributed by atoms with van der Waals surface area (Å²) in [6.45, 7) is 7.43. The number of carbonyl (C=O) groups is 5. The lowest BCUT2D eigenvalue weighted by atomic mass is 9.43. The number of carbonyl (C=O) groups excluding carboxylic acids is 5. The molecule has 8 rings (SSSR count). The van der Waals surface area contributed by atoms with Crippen molar-refractivity contribution in [1.82, 2.24) is 5.32 Å². The number of ether oxygens (including phenoxy) is 7. The molecule has 0 radical (unpaired) electrons. The summed E-state index contributed by atoms with van der Waals surface area (Å²) in [5.41, 5.74) is -7.21. The molecule has 2 saturated heterocycles. The molecule has 15 nitrogen and oxygen atoms in total. The van der Waals surface area contributed by atoms with Gasteiger partial charge in [-0.2, -0.15) is 0 Å². The number of epoxide rings is 1. The van der Waals surface area contributed by atoms with E-state index in [2.05, 4.69) is 5.32 Å². The number of rotatable bonds is 12. The first-order chi connectivity index (χ1) is 30.0. The molecule has 63 heavy (non-hydrogen) atoms. The molecule has 2 heterocycles. The Balaban J connectivity index is 1.27. The van der Waals surface area contributed by atoms with Crippen molar-refractivity contribution in [2.24, 2.45) is 16.7 Å². The Hall–Kier alpha value is -5.29. The smallest absolute Gasteiger partial charge is 0.338 e. The average molecular weight is 868 g/mol. The third-order valence-electron chi connectivity index (χ3n) is 14.1. The van der Waals surface area contributed by atoms with Gasteiger partial charge in [-0.15, -0.1) is 0 Å². The molecular formula is C48H53NO14. The van der Waals surface area contributed by atoms with E-state index in [-0.39, 0.29) is 32.0 Å². The fourth-order valence-corrected chi connectivity index (χ4v) is 11.0. The van der Waals surface area contributed by atoms with Crippen molar-refractivity contribution in [3.63, 3.8) is 0 Å². The molecule has 3 aromatic rings. The Kier molecular flexibility index (Phi) is 11.5. The summed E-state index contributed by atoms with van der Waals surface area (Å²) in [5.74, 6) is -5.06. The van der Waals surface area contributed by atoms with Gasteiger partial charge in [0.25, 0.3) is 5.91 Å². The highest BCUT2D eigenvalue weighted by molar-refractivity contribution is 6.00. The van der Waals surface area contributed by atoms with Gasteiger partial charge in [0.15, 0.2) is 23.1 Å². The zero-order valence-electron chi connectivity index (χ0n) is 36.0. The second kappa shape index (κ2) is 16.4. The van der Waals surface area contributed by atoms with Gasteiger partial charge in [0.1, 0.15) is 30.7 Å². The number of esters is 3. The molecule has 2 saturated carbocycles. The first kappa shape index (κ1) is 44.3. The SMILES string of the molecule is COCO[C@H]1C[C@H]2OC[C@@]2(OC(C)=O)C2[C@H](OC(=O)c3ccccc3)[C@]3(O)C[C@H](OC(=O)[C@H](O)[C@@H](NC(=O)c4ccccc4)c4ccccc4)C(C)=C(C3(C)C)[C@@]3(CO3)C(=O)[C@@]21C. The van der Waals surface area contributed by atoms with Crippen molar-refractivity contribution in [3.05, 3.63) is 119 Å². The molecule has 2 bridgehead atoms. The number of nitrogens with one attached hydrogen (secondary N) is 1. The first-order valence-corrected chi connectivity index (χ1v) is 21.1. The Morgan fingerprint density at radius 2 is 1.49 bits per heavy atom. The molecule has 3 aliphatic carbocycles. The Morgan fingerprint density at radius 1 is 0.889 bits per heavy atom. The van der Waals surface area contributed by atoms with Crippen molar-refractivity contribution in [2.75, 3.05) is 27.1 Å². The molecule has 3 aromatic carbocycles. The van der Waals surface area contributed by atoms with Crippen molar-refractivity contribution >= 4 is 29.6 Å². The minimum atomic E-state index is -2.23. The number of benzene rings is 3. The number of aliphatic hydroxyl groups excluding tert-OH is 1. The summed E-state index contributed by atoms with van der Waals surface area (Å²) in [6.07, 6.45) is -7.19. The van der Waals surface area contributed by atoms with Crippen LogP contribution < -0.4 is 5.32 Å². The number of ketones is 1. The number of hydrogen-bond acceptors (Lipinski definition) is 14. The van der Waals surface area contributed by atoms with Gasteiger partial charge in [0.2, 0.25) is 0 Å². The summed E-state index contributed by atoms with van der Waals surface area (Å²) in [5, 5.41) is 28.5. The van der Waals surface area contributed by atoms with Gasteiger partial charge >= 0.3 is 17.9 Å². The van der Waals surface area contributed by atoms with E-state index >= 15 is 4.79 Å². The van der Waals surface area contributed by atoms with Crippen LogP contribution >= 0.6 is 0 Å². The van der Waals surface area contributed by atoms with Crippen molar-refractivity contribution in [3.8, 4) is 0 Å². The van der Waals surface area contributed by atoms with Crippen LogP contribution in [-0.2, 0) is 47.5 Å². The Bertz CT molecular complexity index is 2300. The fourth-order valence-electron chi connectivity index (χ4n) is 11.0. The van der Waals surface area contributed by atoms with E-state index in [9.17, 15) is 29.4 Å². The first-order valence-electron chi connectivity index (χ1n) is 21.1. The van der Waals surface area contributed by atoms with E-state index in [1.54, 1.807) is 119 Å². The molecular weight excluding hydrogens is 815 g/mol. The largest absolute Gasteiger partial charge is 0.456 e. The predicted octanol–water partition coefficient (Wildman–Crippen LogP) is 4.20. The topological polar surface area (TPSA) is 206 Å². The normalized spacial score (nSPS) is 33.5. The van der Waals surface area contributed by atoms with E-state index in [1.165, 1.54) is 14.0 Å². The zero-order valence-corrected chi connectivity index (χ0v) is 36.0. The molecule has 15 heteroatoms. The van der Waals surface area contributed by atoms with Gasteiger partial charge in [0, 0.05) is 37.9 Å². The summed E-state index contributed by atoms with van der Waals surface area (Å²) in [4.78, 5) is 71.3. The van der Waals surface area contributed by atoms with Gasteiger partial charge < -0.3 is 48.7 Å². The van der Waals surface area contributed by atoms with E-state index in [4.69, 9.17) is 33.2 Å². The zero-order chi connectivity index (χ0) is 45.1. The van der Waals surface area contributed by atoms with E-state index in [0.717, 1.165) is 0 Å². The van der Waals surface area contributed by atoms with Gasteiger partial charge in [-0.3, -0.25) is 14.4 Å². The molecule has 5 aliphatic rings. The van der Waals surface area contributed by atoms with Crippen LogP contribution in [0.15, 0.2) is 102 Å². The van der Waals surface area contributed by atoms with Crippen molar-refractivity contribution in [2.45, 2.75) is 101 Å². The molecule has 11 atom stereocenters. The van der Waals surface area contributed by atoms with Crippen LogP contribution in [0, 0.1) is 16.7 Å². The molecule has 4 fully saturated rings.